The molecule has 0 spiro atoms. The molecule has 1 radical (unpaired) electrons. The van der Waals surface area contributed by atoms with E-state index in [1.54, 1.807) is 5.51 Å². The van der Waals surface area contributed by atoms with Crippen LogP contribution in [0.5, 0.6) is 0 Å². The van der Waals surface area contributed by atoms with Gasteiger partial charge >= 0.3 is 0 Å². The lowest BCUT2D eigenvalue weighted by molar-refractivity contribution is 0.411. The van der Waals surface area contributed by atoms with E-state index in [-0.39, 0.29) is 0 Å². The van der Waals surface area contributed by atoms with E-state index in [0.29, 0.717) is 5.69 Å². The lowest BCUT2D eigenvalue weighted by atomic mass is 10.4. The van der Waals surface area contributed by atoms with Gasteiger partial charge in [0.2, 0.25) is 0 Å². The third-order valence-corrected chi connectivity index (χ3v) is 1.68. The van der Waals surface area contributed by atoms with Gasteiger partial charge in [0.1, 0.15) is 6.61 Å². The zero-order valence-electron chi connectivity index (χ0n) is 4.46. The minimum absolute atomic E-state index is 0.676. The number of aryl methyl sites for hydroxylation is 1. The highest BCUT2D eigenvalue weighted by molar-refractivity contribution is 7.09. The van der Waals surface area contributed by atoms with Crippen LogP contribution in [0.25, 0.3) is 0 Å². The summed E-state index contributed by atoms with van der Waals surface area (Å²) in [4.78, 5) is 4.90. The molecule has 0 aliphatic heterocycles. The number of nitrogens with zero attached hydrogens (tertiary/aromatic N) is 1. The van der Waals surface area contributed by atoms with Gasteiger partial charge in [-0.1, -0.05) is 0 Å². The van der Waals surface area contributed by atoms with Crippen molar-refractivity contribution in [2.45, 2.75) is 6.92 Å². The predicted molar refractivity (Wildman–Crippen MR) is 32.2 cm³/mol. The number of aromatic nitrogens is 1. The molecule has 0 amide bonds. The summed E-state index contributed by atoms with van der Waals surface area (Å²) < 4.78 is 0. The average Bonchev–Trinajstić information content (AvgIpc) is 2.14. The molecule has 8 heavy (non-hydrogen) atoms. The molecule has 2 nitrogen and oxygen atoms in total. The monoisotopic (exact) mass is 128 g/mol. The Bertz CT molecular complexity index is 173. The highest BCUT2D eigenvalue weighted by Gasteiger charge is 1.96. The zero-order chi connectivity index (χ0) is 5.98. The predicted octanol–water partition coefficient (Wildman–Crippen LogP) is 1.33. The molecule has 1 N–H and O–H groups in total. The number of rotatable bonds is 1. The van der Waals surface area contributed by atoms with Crippen molar-refractivity contribution in [1.82, 2.24) is 4.98 Å². The lowest BCUT2D eigenvalue weighted by Gasteiger charge is -1.84. The Kier molecular flexibility index (Phi) is 1.60. The molecule has 3 heteroatoms. The molecule has 0 saturated heterocycles. The maximum absolute atomic E-state index is 8.43. The van der Waals surface area contributed by atoms with Gasteiger partial charge in [0.05, 0.1) is 11.2 Å². The maximum Gasteiger partial charge on any atom is 0.129 e. The summed E-state index contributed by atoms with van der Waals surface area (Å²) in [6, 6.07) is 0. The molecule has 0 atom stereocenters. The van der Waals surface area contributed by atoms with Crippen molar-refractivity contribution in [3.8, 4) is 0 Å². The summed E-state index contributed by atoms with van der Waals surface area (Å²) in [5.74, 6) is 0. The normalized spacial score (nSPS) is 9.75. The van der Waals surface area contributed by atoms with Crippen LogP contribution in [0.3, 0.4) is 0 Å². The number of hydrogen-bond donors (Lipinski definition) is 1. The summed E-state index contributed by atoms with van der Waals surface area (Å²) >= 11 is 1.53. The van der Waals surface area contributed by atoms with Crippen molar-refractivity contribution < 1.29 is 5.11 Å². The SMILES string of the molecule is Cc1scnc1[CH]O. The fraction of sp³-hybridized carbons (Fsp3) is 0.200. The van der Waals surface area contributed by atoms with Crippen molar-refractivity contribution in [3.05, 3.63) is 22.7 Å². The minimum atomic E-state index is 0.676. The molecule has 0 aromatic carbocycles. The van der Waals surface area contributed by atoms with Crippen LogP contribution in [0.1, 0.15) is 10.6 Å². The maximum atomic E-state index is 8.43. The van der Waals surface area contributed by atoms with E-state index in [9.17, 15) is 0 Å². The molecule has 0 saturated carbocycles. The van der Waals surface area contributed by atoms with Crippen LogP contribution in [-0.2, 0) is 0 Å². The van der Waals surface area contributed by atoms with Crippen LogP contribution in [0, 0.1) is 13.5 Å². The summed E-state index contributed by atoms with van der Waals surface area (Å²) in [6.45, 7) is 2.94. The highest BCUT2D eigenvalue weighted by Crippen LogP contribution is 2.10. The van der Waals surface area contributed by atoms with Crippen molar-refractivity contribution in [2.75, 3.05) is 0 Å². The van der Waals surface area contributed by atoms with Gasteiger partial charge < -0.3 is 5.11 Å². The highest BCUT2D eigenvalue weighted by atomic mass is 32.1. The number of thiazole rings is 1. The van der Waals surface area contributed by atoms with E-state index in [2.05, 4.69) is 4.98 Å². The second kappa shape index (κ2) is 2.24. The van der Waals surface area contributed by atoms with Gasteiger partial charge in [-0.15, -0.1) is 11.3 Å². The van der Waals surface area contributed by atoms with Gasteiger partial charge in [-0.2, -0.15) is 0 Å². The van der Waals surface area contributed by atoms with Gasteiger partial charge in [-0.3, -0.25) is 0 Å². The lowest BCUT2D eigenvalue weighted by Crippen LogP contribution is -1.79. The van der Waals surface area contributed by atoms with Crippen molar-refractivity contribution in [1.29, 1.82) is 0 Å². The van der Waals surface area contributed by atoms with E-state index < -0.39 is 0 Å². The first kappa shape index (κ1) is 5.72. The Morgan fingerprint density at radius 3 is 2.88 bits per heavy atom. The third kappa shape index (κ3) is 0.877. The molecule has 43 valence electrons. The van der Waals surface area contributed by atoms with Crippen LogP contribution in [0.2, 0.25) is 0 Å². The number of aliphatic hydroxyl groups is 1. The summed E-state index contributed by atoms with van der Waals surface area (Å²) in [5.41, 5.74) is 2.38. The van der Waals surface area contributed by atoms with Crippen LogP contribution < -0.4 is 0 Å². The Balaban J connectivity index is 2.92. The summed E-state index contributed by atoms with van der Waals surface area (Å²) in [7, 11) is 0. The fourth-order valence-corrected chi connectivity index (χ4v) is 0.988. The molecule has 1 aromatic rings. The smallest absolute Gasteiger partial charge is 0.129 e. The third-order valence-electron chi connectivity index (χ3n) is 0.904. The second-order valence-electron chi connectivity index (χ2n) is 1.42. The van der Waals surface area contributed by atoms with Gasteiger partial charge in [-0.25, -0.2) is 4.98 Å². The Morgan fingerprint density at radius 2 is 2.62 bits per heavy atom. The molecule has 0 bridgehead atoms. The molecule has 0 fully saturated rings. The Labute approximate surface area is 51.8 Å². The van der Waals surface area contributed by atoms with E-state index in [1.165, 1.54) is 11.3 Å². The van der Waals surface area contributed by atoms with Gasteiger partial charge in [0, 0.05) is 4.88 Å². The molecule has 0 unspecified atom stereocenters. The first-order chi connectivity index (χ1) is 3.84. The van der Waals surface area contributed by atoms with E-state index in [1.807, 2.05) is 6.92 Å². The van der Waals surface area contributed by atoms with E-state index >= 15 is 0 Å². The largest absolute Gasteiger partial charge is 0.384 e. The van der Waals surface area contributed by atoms with Crippen LogP contribution >= 0.6 is 11.3 Å². The molecule has 0 aliphatic rings. The van der Waals surface area contributed by atoms with E-state index in [0.717, 1.165) is 11.5 Å². The van der Waals surface area contributed by atoms with Crippen LogP contribution in [0.15, 0.2) is 5.51 Å². The standard InChI is InChI=1S/C5H6NOS/c1-4-5(2-7)6-3-8-4/h2-3,7H,1H3. The van der Waals surface area contributed by atoms with Gasteiger partial charge in [0.15, 0.2) is 0 Å². The molecule has 1 rings (SSSR count). The zero-order valence-corrected chi connectivity index (χ0v) is 5.27. The average molecular weight is 128 g/mol. The van der Waals surface area contributed by atoms with Gasteiger partial charge in [0.25, 0.3) is 0 Å². The number of aliphatic hydroxyl groups excluding tert-OH is 1. The number of hydrogen-bond acceptors (Lipinski definition) is 3. The second-order valence-corrected chi connectivity index (χ2v) is 2.48. The van der Waals surface area contributed by atoms with Crippen LogP contribution in [0.4, 0.5) is 0 Å². The summed E-state index contributed by atoms with van der Waals surface area (Å²) in [6.07, 6.45) is 0. The molecule has 1 heterocycles. The topological polar surface area (TPSA) is 33.1 Å². The molecule has 0 aliphatic carbocycles. The summed E-state index contributed by atoms with van der Waals surface area (Å²) in [5, 5.41) is 8.43. The van der Waals surface area contributed by atoms with Crippen molar-refractivity contribution in [3.63, 3.8) is 0 Å². The minimum Gasteiger partial charge on any atom is -0.384 e. The van der Waals surface area contributed by atoms with Crippen LogP contribution in [-0.4, -0.2) is 10.1 Å². The van der Waals surface area contributed by atoms with Crippen molar-refractivity contribution >= 4 is 11.3 Å². The molecular weight excluding hydrogens is 122 g/mol. The first-order valence-corrected chi connectivity index (χ1v) is 3.10. The van der Waals surface area contributed by atoms with Crippen molar-refractivity contribution in [2.24, 2.45) is 0 Å². The first-order valence-electron chi connectivity index (χ1n) is 2.22. The molecular formula is C5H6NOS. The Morgan fingerprint density at radius 1 is 1.88 bits per heavy atom. The van der Waals surface area contributed by atoms with E-state index in [4.69, 9.17) is 5.11 Å². The quantitative estimate of drug-likeness (QED) is 0.619. The fourth-order valence-electron chi connectivity index (χ4n) is 0.438. The Hall–Kier alpha value is -0.410. The molecule has 1 aromatic heterocycles. The van der Waals surface area contributed by atoms with Gasteiger partial charge in [-0.05, 0) is 6.92 Å².